The maximum Gasteiger partial charge on any atom is 0.172 e. The molecular formula is C12H18BrNO4. The highest BCUT2D eigenvalue weighted by Gasteiger charge is 2.20. The van der Waals surface area contributed by atoms with Crippen LogP contribution >= 0.6 is 15.9 Å². The molecule has 0 spiro atoms. The number of phenols is 1. The van der Waals surface area contributed by atoms with Gasteiger partial charge in [0, 0.05) is 6.54 Å². The van der Waals surface area contributed by atoms with E-state index < -0.39 is 12.2 Å². The van der Waals surface area contributed by atoms with Crippen molar-refractivity contribution in [2.45, 2.75) is 19.1 Å². The number of phenolic OH excluding ortho intramolecular Hbond substituents is 1. The van der Waals surface area contributed by atoms with Gasteiger partial charge in [-0.25, -0.2) is 0 Å². The zero-order valence-electron chi connectivity index (χ0n) is 10.4. The summed E-state index contributed by atoms with van der Waals surface area (Å²) in [4.78, 5) is 0. The van der Waals surface area contributed by atoms with E-state index in [0.29, 0.717) is 16.6 Å². The highest BCUT2D eigenvalue weighted by Crippen LogP contribution is 2.37. The molecule has 4 N–H and O–H groups in total. The zero-order chi connectivity index (χ0) is 13.7. The Morgan fingerprint density at radius 3 is 2.61 bits per heavy atom. The lowest BCUT2D eigenvalue weighted by atomic mass is 10.0. The summed E-state index contributed by atoms with van der Waals surface area (Å²) in [5.74, 6) is 0.258. The maximum atomic E-state index is 9.98. The van der Waals surface area contributed by atoms with Gasteiger partial charge in [-0.2, -0.15) is 0 Å². The van der Waals surface area contributed by atoms with Crippen molar-refractivity contribution in [1.29, 1.82) is 0 Å². The van der Waals surface area contributed by atoms with Crippen molar-refractivity contribution >= 4 is 15.9 Å². The van der Waals surface area contributed by atoms with Gasteiger partial charge in [0.2, 0.25) is 0 Å². The third kappa shape index (κ3) is 3.58. The van der Waals surface area contributed by atoms with Gasteiger partial charge in [0.1, 0.15) is 6.10 Å². The number of aliphatic hydroxyl groups excluding tert-OH is 2. The van der Waals surface area contributed by atoms with Crippen LogP contribution in [-0.4, -0.2) is 41.6 Å². The van der Waals surface area contributed by atoms with Crippen LogP contribution in [0.5, 0.6) is 11.5 Å². The molecule has 0 aliphatic heterocycles. The molecule has 2 unspecified atom stereocenters. The average molecular weight is 320 g/mol. The lowest BCUT2D eigenvalue weighted by Gasteiger charge is -2.19. The van der Waals surface area contributed by atoms with Crippen LogP contribution < -0.4 is 10.1 Å². The van der Waals surface area contributed by atoms with Gasteiger partial charge in [0.25, 0.3) is 0 Å². The molecule has 0 aliphatic rings. The Bertz CT molecular complexity index is 400. The van der Waals surface area contributed by atoms with Crippen molar-refractivity contribution in [2.75, 3.05) is 20.2 Å². The molecule has 0 radical (unpaired) electrons. The second-order valence-corrected chi connectivity index (χ2v) is 4.71. The Morgan fingerprint density at radius 1 is 1.39 bits per heavy atom. The lowest BCUT2D eigenvalue weighted by molar-refractivity contribution is 0.0200. The standard InChI is InChI=1S/C12H18BrNO4/c1-3-18-10-5-7(4-8(13)12(10)17)11(16)9(15)6-14-2/h4-5,9,11,14-17H,3,6H2,1-2H3. The molecule has 0 bridgehead atoms. The number of rotatable bonds is 6. The van der Waals surface area contributed by atoms with Crippen LogP contribution in [-0.2, 0) is 0 Å². The fraction of sp³-hybridized carbons (Fsp3) is 0.500. The van der Waals surface area contributed by atoms with Crippen LogP contribution in [0.4, 0.5) is 0 Å². The Kier molecular flexibility index (Phi) is 5.87. The summed E-state index contributed by atoms with van der Waals surface area (Å²) in [7, 11) is 1.69. The maximum absolute atomic E-state index is 9.98. The molecule has 0 amide bonds. The topological polar surface area (TPSA) is 82.0 Å². The first-order valence-corrected chi connectivity index (χ1v) is 6.46. The number of halogens is 1. The summed E-state index contributed by atoms with van der Waals surface area (Å²) in [5.41, 5.74) is 0.478. The van der Waals surface area contributed by atoms with Crippen molar-refractivity contribution in [3.8, 4) is 11.5 Å². The second-order valence-electron chi connectivity index (χ2n) is 3.85. The van der Waals surface area contributed by atoms with Crippen molar-refractivity contribution < 1.29 is 20.1 Å². The van der Waals surface area contributed by atoms with Gasteiger partial charge in [-0.1, -0.05) is 0 Å². The number of aliphatic hydroxyl groups is 2. The SMILES string of the molecule is CCOc1cc(C(O)C(O)CNC)cc(Br)c1O. The van der Waals surface area contributed by atoms with Gasteiger partial charge in [-0.15, -0.1) is 0 Å². The summed E-state index contributed by atoms with van der Waals surface area (Å²) in [5, 5.41) is 32.2. The smallest absolute Gasteiger partial charge is 0.172 e. The highest BCUT2D eigenvalue weighted by molar-refractivity contribution is 9.10. The number of likely N-dealkylation sites (N-methyl/N-ethyl adjacent to an activating group) is 1. The molecule has 0 saturated carbocycles. The van der Waals surface area contributed by atoms with Crippen LogP contribution in [0.25, 0.3) is 0 Å². The van der Waals surface area contributed by atoms with Gasteiger partial charge in [0.15, 0.2) is 11.5 Å². The van der Waals surface area contributed by atoms with Crippen LogP contribution in [0.15, 0.2) is 16.6 Å². The predicted molar refractivity (Wildman–Crippen MR) is 71.9 cm³/mol. The number of hydrogen-bond donors (Lipinski definition) is 4. The third-order valence-electron chi connectivity index (χ3n) is 2.47. The Morgan fingerprint density at radius 2 is 2.06 bits per heavy atom. The van der Waals surface area contributed by atoms with Gasteiger partial charge >= 0.3 is 0 Å². The van der Waals surface area contributed by atoms with Gasteiger partial charge < -0.3 is 25.4 Å². The third-order valence-corrected chi connectivity index (χ3v) is 3.07. The van der Waals surface area contributed by atoms with E-state index in [1.165, 1.54) is 6.07 Å². The number of aromatic hydroxyl groups is 1. The number of benzene rings is 1. The summed E-state index contributed by atoms with van der Waals surface area (Å²) >= 11 is 3.18. The lowest BCUT2D eigenvalue weighted by Crippen LogP contribution is -2.29. The van der Waals surface area contributed by atoms with E-state index in [-0.39, 0.29) is 18.0 Å². The zero-order valence-corrected chi connectivity index (χ0v) is 11.9. The van der Waals surface area contributed by atoms with E-state index in [2.05, 4.69) is 21.2 Å². The normalized spacial score (nSPS) is 14.3. The first kappa shape index (κ1) is 15.2. The molecule has 0 saturated heterocycles. The molecule has 0 aromatic heterocycles. The Balaban J connectivity index is 3.02. The summed E-state index contributed by atoms with van der Waals surface area (Å²) < 4.78 is 5.68. The fourth-order valence-corrected chi connectivity index (χ4v) is 2.03. The molecule has 2 atom stereocenters. The summed E-state index contributed by atoms with van der Waals surface area (Å²) in [6.07, 6.45) is -1.98. The molecule has 0 fully saturated rings. The van der Waals surface area contributed by atoms with E-state index in [1.807, 2.05) is 0 Å². The molecule has 0 heterocycles. The minimum atomic E-state index is -1.05. The van der Waals surface area contributed by atoms with E-state index in [1.54, 1.807) is 20.0 Å². The van der Waals surface area contributed by atoms with Crippen LogP contribution in [0, 0.1) is 0 Å². The van der Waals surface area contributed by atoms with Crippen LogP contribution in [0.3, 0.4) is 0 Å². The molecule has 6 heteroatoms. The highest BCUT2D eigenvalue weighted by atomic mass is 79.9. The van der Waals surface area contributed by atoms with Gasteiger partial charge in [-0.3, -0.25) is 0 Å². The van der Waals surface area contributed by atoms with Crippen LogP contribution in [0.2, 0.25) is 0 Å². The van der Waals surface area contributed by atoms with E-state index in [4.69, 9.17) is 4.74 Å². The fourth-order valence-electron chi connectivity index (χ4n) is 1.57. The predicted octanol–water partition coefficient (Wildman–Crippen LogP) is 1.17. The Hall–Kier alpha value is -0.820. The first-order chi connectivity index (χ1) is 8.51. The number of ether oxygens (including phenoxy) is 1. The van der Waals surface area contributed by atoms with Gasteiger partial charge in [-0.05, 0) is 47.6 Å². The largest absolute Gasteiger partial charge is 0.503 e. The second kappa shape index (κ2) is 6.94. The summed E-state index contributed by atoms with van der Waals surface area (Å²) in [6, 6.07) is 3.08. The first-order valence-electron chi connectivity index (χ1n) is 5.67. The quantitative estimate of drug-likeness (QED) is 0.632. The molecule has 102 valence electrons. The van der Waals surface area contributed by atoms with E-state index in [0.717, 1.165) is 0 Å². The minimum Gasteiger partial charge on any atom is -0.503 e. The monoisotopic (exact) mass is 319 g/mol. The van der Waals surface area contributed by atoms with Crippen molar-refractivity contribution in [2.24, 2.45) is 0 Å². The number of nitrogens with one attached hydrogen (secondary N) is 1. The minimum absolute atomic E-state index is 0.0177. The van der Waals surface area contributed by atoms with Gasteiger partial charge in [0.05, 0.1) is 17.2 Å². The molecular weight excluding hydrogens is 302 g/mol. The molecule has 0 aliphatic carbocycles. The van der Waals surface area contributed by atoms with Crippen molar-refractivity contribution in [1.82, 2.24) is 5.32 Å². The van der Waals surface area contributed by atoms with E-state index in [9.17, 15) is 15.3 Å². The molecule has 1 aromatic rings. The molecule has 1 aromatic carbocycles. The molecule has 18 heavy (non-hydrogen) atoms. The number of hydrogen-bond acceptors (Lipinski definition) is 5. The Labute approximate surface area is 115 Å². The summed E-state index contributed by atoms with van der Waals surface area (Å²) in [6.45, 7) is 2.47. The van der Waals surface area contributed by atoms with Crippen molar-refractivity contribution in [3.05, 3.63) is 22.2 Å². The van der Waals surface area contributed by atoms with E-state index >= 15 is 0 Å². The molecule has 5 nitrogen and oxygen atoms in total. The van der Waals surface area contributed by atoms with Crippen LogP contribution in [0.1, 0.15) is 18.6 Å². The average Bonchev–Trinajstić information content (AvgIpc) is 2.34. The van der Waals surface area contributed by atoms with Crippen molar-refractivity contribution in [3.63, 3.8) is 0 Å². The molecule has 1 rings (SSSR count).